The molecule has 3 rings (SSSR count). The van der Waals surface area contributed by atoms with E-state index in [1.165, 1.54) is 0 Å². The van der Waals surface area contributed by atoms with E-state index in [2.05, 4.69) is 9.97 Å². The van der Waals surface area contributed by atoms with Crippen molar-refractivity contribution in [1.82, 2.24) is 9.97 Å². The third-order valence-electron chi connectivity index (χ3n) is 3.61. The van der Waals surface area contributed by atoms with E-state index in [0.29, 0.717) is 18.1 Å². The molecule has 0 atom stereocenters. The van der Waals surface area contributed by atoms with Gasteiger partial charge in [-0.15, -0.1) is 0 Å². The minimum absolute atomic E-state index is 0.00747. The van der Waals surface area contributed by atoms with Gasteiger partial charge in [-0.3, -0.25) is 4.79 Å². The molecule has 0 bridgehead atoms. The molecule has 6 nitrogen and oxygen atoms in total. The molecule has 1 aromatic heterocycles. The second-order valence-corrected chi connectivity index (χ2v) is 5.34. The summed E-state index contributed by atoms with van der Waals surface area (Å²) in [7, 11) is 3.34. The lowest BCUT2D eigenvalue weighted by molar-refractivity contribution is -0.117. The number of ether oxygens (including phenoxy) is 1. The van der Waals surface area contributed by atoms with Crippen molar-refractivity contribution in [2.45, 2.75) is 6.54 Å². The Bertz CT molecular complexity index is 705. The van der Waals surface area contributed by atoms with Crippen LogP contribution >= 0.6 is 11.6 Å². The summed E-state index contributed by atoms with van der Waals surface area (Å²) in [4.78, 5) is 23.8. The van der Waals surface area contributed by atoms with Crippen molar-refractivity contribution < 1.29 is 9.53 Å². The van der Waals surface area contributed by atoms with Crippen molar-refractivity contribution in [3.8, 4) is 5.75 Å². The van der Waals surface area contributed by atoms with Crippen molar-refractivity contribution in [3.05, 3.63) is 41.3 Å². The lowest BCUT2D eigenvalue weighted by Crippen LogP contribution is -2.44. The lowest BCUT2D eigenvalue weighted by Gasteiger charge is -2.34. The Kier molecular flexibility index (Phi) is 3.85. The summed E-state index contributed by atoms with van der Waals surface area (Å²) in [6.45, 7) is 0.812. The molecule has 1 amide bonds. The zero-order valence-corrected chi connectivity index (χ0v) is 13.0. The van der Waals surface area contributed by atoms with E-state index in [1.807, 2.05) is 29.2 Å². The Morgan fingerprint density at radius 1 is 1.32 bits per heavy atom. The number of carbonyl (C=O) groups excluding carboxylic acids is 1. The number of rotatable bonds is 3. The molecule has 1 aromatic carbocycles. The summed E-state index contributed by atoms with van der Waals surface area (Å²) in [5.74, 6) is 1.45. The number of amides is 1. The highest BCUT2D eigenvalue weighted by Crippen LogP contribution is 2.32. The van der Waals surface area contributed by atoms with E-state index in [4.69, 9.17) is 16.3 Å². The van der Waals surface area contributed by atoms with Crippen molar-refractivity contribution in [1.29, 1.82) is 0 Å². The van der Waals surface area contributed by atoms with Gasteiger partial charge in [0.2, 0.25) is 11.2 Å². The van der Waals surface area contributed by atoms with Gasteiger partial charge < -0.3 is 14.5 Å². The van der Waals surface area contributed by atoms with Gasteiger partial charge in [0.15, 0.2) is 5.82 Å². The Morgan fingerprint density at radius 2 is 2.05 bits per heavy atom. The predicted molar refractivity (Wildman–Crippen MR) is 84.5 cm³/mol. The van der Waals surface area contributed by atoms with Gasteiger partial charge in [-0.25, -0.2) is 4.98 Å². The maximum atomic E-state index is 12.1. The molecule has 0 saturated carbocycles. The molecular weight excluding hydrogens is 304 g/mol. The first-order valence-electron chi connectivity index (χ1n) is 6.75. The van der Waals surface area contributed by atoms with Gasteiger partial charge in [0, 0.05) is 13.6 Å². The third-order valence-corrected chi connectivity index (χ3v) is 3.80. The molecule has 0 spiro atoms. The first kappa shape index (κ1) is 14.6. The maximum Gasteiger partial charge on any atom is 0.246 e. The van der Waals surface area contributed by atoms with Crippen LogP contribution in [0, 0.1) is 0 Å². The van der Waals surface area contributed by atoms with E-state index >= 15 is 0 Å². The van der Waals surface area contributed by atoms with E-state index < -0.39 is 0 Å². The molecular formula is C15H15ClN4O2. The monoisotopic (exact) mass is 318 g/mol. The van der Waals surface area contributed by atoms with Gasteiger partial charge in [-0.05, 0) is 29.3 Å². The number of nitrogens with zero attached hydrogens (tertiary/aromatic N) is 4. The van der Waals surface area contributed by atoms with Crippen LogP contribution in [0.2, 0.25) is 5.28 Å². The van der Waals surface area contributed by atoms with Crippen molar-refractivity contribution in [2.75, 3.05) is 30.5 Å². The molecule has 1 aliphatic heterocycles. The van der Waals surface area contributed by atoms with Crippen molar-refractivity contribution in [2.24, 2.45) is 0 Å². The fraction of sp³-hybridized carbons (Fsp3) is 0.267. The second-order valence-electron chi connectivity index (χ2n) is 5.00. The fourth-order valence-corrected chi connectivity index (χ4v) is 2.50. The minimum atomic E-state index is -0.00747. The van der Waals surface area contributed by atoms with Gasteiger partial charge in [-0.1, -0.05) is 12.1 Å². The van der Waals surface area contributed by atoms with Crippen LogP contribution < -0.4 is 14.5 Å². The number of fused-ring (bicyclic) bond motifs is 1. The highest BCUT2D eigenvalue weighted by atomic mass is 35.5. The van der Waals surface area contributed by atoms with Crippen LogP contribution in [0.3, 0.4) is 0 Å². The van der Waals surface area contributed by atoms with Crippen LogP contribution in [-0.2, 0) is 11.3 Å². The van der Waals surface area contributed by atoms with E-state index in [-0.39, 0.29) is 17.7 Å². The molecule has 0 N–H and O–H groups in total. The molecule has 7 heteroatoms. The molecule has 0 aliphatic carbocycles. The SMILES string of the molecule is COc1ccc(CN2CC(=O)N(C)c3cnc(Cl)nc32)cc1. The van der Waals surface area contributed by atoms with Crippen LogP contribution in [0.25, 0.3) is 0 Å². The Morgan fingerprint density at radius 3 is 2.73 bits per heavy atom. The van der Waals surface area contributed by atoms with Gasteiger partial charge in [0.05, 0.1) is 19.9 Å². The molecule has 1 aliphatic rings. The van der Waals surface area contributed by atoms with Gasteiger partial charge in [-0.2, -0.15) is 4.98 Å². The lowest BCUT2D eigenvalue weighted by atomic mass is 10.2. The number of hydrogen-bond acceptors (Lipinski definition) is 5. The zero-order valence-electron chi connectivity index (χ0n) is 12.3. The molecule has 0 unspecified atom stereocenters. The Balaban J connectivity index is 1.91. The van der Waals surface area contributed by atoms with Gasteiger partial charge in [0.1, 0.15) is 11.4 Å². The van der Waals surface area contributed by atoms with E-state index in [9.17, 15) is 4.79 Å². The number of likely N-dealkylation sites (N-methyl/N-ethyl adjacent to an activating group) is 1. The van der Waals surface area contributed by atoms with E-state index in [1.54, 1.807) is 25.3 Å². The first-order valence-corrected chi connectivity index (χ1v) is 7.13. The summed E-state index contributed by atoms with van der Waals surface area (Å²) in [6.07, 6.45) is 1.57. The summed E-state index contributed by atoms with van der Waals surface area (Å²) < 4.78 is 5.15. The second kappa shape index (κ2) is 5.81. The largest absolute Gasteiger partial charge is 0.497 e. The fourth-order valence-electron chi connectivity index (χ4n) is 2.38. The number of anilines is 2. The summed E-state index contributed by atoms with van der Waals surface area (Å²) in [5, 5.41) is 0.168. The molecule has 2 heterocycles. The topological polar surface area (TPSA) is 58.6 Å². The third kappa shape index (κ3) is 2.69. The molecule has 0 fully saturated rings. The number of benzene rings is 1. The summed E-state index contributed by atoms with van der Waals surface area (Å²) >= 11 is 5.90. The summed E-state index contributed by atoms with van der Waals surface area (Å²) in [6, 6.07) is 7.70. The number of halogens is 1. The number of carbonyl (C=O) groups is 1. The van der Waals surface area contributed by atoms with Crippen LogP contribution in [0.5, 0.6) is 5.75 Å². The predicted octanol–water partition coefficient (Wildman–Crippen LogP) is 2.12. The highest BCUT2D eigenvalue weighted by molar-refractivity contribution is 6.28. The number of aromatic nitrogens is 2. The average molecular weight is 319 g/mol. The first-order chi connectivity index (χ1) is 10.6. The molecule has 2 aromatic rings. The summed E-state index contributed by atoms with van der Waals surface area (Å²) in [5.41, 5.74) is 1.72. The normalized spacial score (nSPS) is 14.0. The van der Waals surface area contributed by atoms with Crippen molar-refractivity contribution in [3.63, 3.8) is 0 Å². The Hall–Kier alpha value is -2.34. The van der Waals surface area contributed by atoms with Crippen LogP contribution in [-0.4, -0.2) is 36.6 Å². The zero-order chi connectivity index (χ0) is 15.7. The van der Waals surface area contributed by atoms with Gasteiger partial charge >= 0.3 is 0 Å². The number of hydrogen-bond donors (Lipinski definition) is 0. The molecule has 22 heavy (non-hydrogen) atoms. The maximum absolute atomic E-state index is 12.1. The van der Waals surface area contributed by atoms with Crippen LogP contribution in [0.4, 0.5) is 11.5 Å². The van der Waals surface area contributed by atoms with E-state index in [0.717, 1.165) is 11.3 Å². The number of methoxy groups -OCH3 is 1. The standard InChI is InChI=1S/C15H15ClN4O2/c1-19-12-7-17-15(16)18-14(12)20(9-13(19)21)8-10-3-5-11(22-2)6-4-10/h3-7H,8-9H2,1-2H3. The van der Waals surface area contributed by atoms with Gasteiger partial charge in [0.25, 0.3) is 0 Å². The molecule has 0 radical (unpaired) electrons. The minimum Gasteiger partial charge on any atom is -0.497 e. The van der Waals surface area contributed by atoms with Crippen LogP contribution in [0.1, 0.15) is 5.56 Å². The highest BCUT2D eigenvalue weighted by Gasteiger charge is 2.28. The quantitative estimate of drug-likeness (QED) is 0.811. The van der Waals surface area contributed by atoms with Crippen molar-refractivity contribution >= 4 is 29.0 Å². The molecule has 114 valence electrons. The Labute approximate surface area is 133 Å². The molecule has 0 saturated heterocycles. The smallest absolute Gasteiger partial charge is 0.246 e. The average Bonchev–Trinajstić information content (AvgIpc) is 2.53. The van der Waals surface area contributed by atoms with Crippen LogP contribution in [0.15, 0.2) is 30.5 Å².